The van der Waals surface area contributed by atoms with Gasteiger partial charge in [0.15, 0.2) is 17.5 Å². The van der Waals surface area contributed by atoms with E-state index < -0.39 is 0 Å². The third-order valence-corrected chi connectivity index (χ3v) is 5.90. The van der Waals surface area contributed by atoms with Gasteiger partial charge in [-0.05, 0) is 49.3 Å². The Balaban J connectivity index is 1.63. The first-order chi connectivity index (χ1) is 14.0. The molecule has 3 rings (SSSR count). The predicted molar refractivity (Wildman–Crippen MR) is 112 cm³/mol. The number of carbonyl (C=O) groups excluding carboxylic acids is 1. The van der Waals surface area contributed by atoms with Crippen molar-refractivity contribution in [3.8, 4) is 11.5 Å². The number of nitrogens with one attached hydrogen (secondary N) is 1. The maximum atomic E-state index is 12.0. The van der Waals surface area contributed by atoms with Crippen LogP contribution in [0.4, 0.5) is 0 Å². The topological polar surface area (TPSA) is 72.4 Å². The second-order valence-corrected chi connectivity index (χ2v) is 7.92. The first-order valence-electron chi connectivity index (χ1n) is 10.4. The summed E-state index contributed by atoms with van der Waals surface area (Å²) in [7, 11) is 4.88. The van der Waals surface area contributed by atoms with Gasteiger partial charge in [0.1, 0.15) is 0 Å². The van der Waals surface area contributed by atoms with E-state index in [1.165, 1.54) is 20.0 Å². The van der Waals surface area contributed by atoms with Gasteiger partial charge in [-0.25, -0.2) is 0 Å². The Labute approximate surface area is 173 Å². The molecular formula is C22H33N3O4. The molecule has 0 amide bonds. The number of guanidine groups is 1. The van der Waals surface area contributed by atoms with Gasteiger partial charge in [-0.15, -0.1) is 0 Å². The number of carbonyl (C=O) groups is 1. The third kappa shape index (κ3) is 5.14. The number of likely N-dealkylation sites (tertiary alicyclic amines) is 1. The van der Waals surface area contributed by atoms with Gasteiger partial charge >= 0.3 is 5.97 Å². The first kappa shape index (κ1) is 21.3. The van der Waals surface area contributed by atoms with Crippen LogP contribution in [0, 0.1) is 11.8 Å². The van der Waals surface area contributed by atoms with Gasteiger partial charge in [0, 0.05) is 26.7 Å². The van der Waals surface area contributed by atoms with E-state index in [1.54, 1.807) is 14.2 Å². The van der Waals surface area contributed by atoms with Crippen molar-refractivity contribution in [1.29, 1.82) is 0 Å². The molecule has 160 valence electrons. The Morgan fingerprint density at radius 2 is 1.97 bits per heavy atom. The second-order valence-electron chi connectivity index (χ2n) is 7.92. The van der Waals surface area contributed by atoms with Crippen molar-refractivity contribution in [2.45, 2.75) is 45.3 Å². The summed E-state index contributed by atoms with van der Waals surface area (Å²) in [6.45, 7) is 4.08. The average Bonchev–Trinajstić information content (AvgIpc) is 3.38. The lowest BCUT2D eigenvalue weighted by Gasteiger charge is -2.22. The normalized spacial score (nSPS) is 22.6. The van der Waals surface area contributed by atoms with Gasteiger partial charge in [-0.1, -0.05) is 13.0 Å². The van der Waals surface area contributed by atoms with Gasteiger partial charge < -0.3 is 24.4 Å². The van der Waals surface area contributed by atoms with Crippen LogP contribution >= 0.6 is 0 Å². The molecule has 1 saturated carbocycles. The average molecular weight is 404 g/mol. The Hall–Kier alpha value is -2.44. The molecule has 0 spiro atoms. The van der Waals surface area contributed by atoms with E-state index in [0.717, 1.165) is 42.4 Å². The maximum absolute atomic E-state index is 12.0. The van der Waals surface area contributed by atoms with E-state index in [1.807, 2.05) is 18.2 Å². The lowest BCUT2D eigenvalue weighted by Crippen LogP contribution is -2.40. The smallest absolute Gasteiger partial charge is 0.310 e. The number of hydrogen-bond acceptors (Lipinski definition) is 5. The number of aliphatic imine (C=N–C) groups is 1. The van der Waals surface area contributed by atoms with Crippen molar-refractivity contribution in [1.82, 2.24) is 10.2 Å². The highest BCUT2D eigenvalue weighted by Gasteiger charge is 2.36. The van der Waals surface area contributed by atoms with Crippen LogP contribution in [0.25, 0.3) is 0 Å². The lowest BCUT2D eigenvalue weighted by atomic mass is 9.99. The molecule has 2 unspecified atom stereocenters. The van der Waals surface area contributed by atoms with Crippen LogP contribution in [0.15, 0.2) is 23.2 Å². The van der Waals surface area contributed by atoms with Crippen molar-refractivity contribution < 1.29 is 19.0 Å². The monoisotopic (exact) mass is 403 g/mol. The molecule has 2 fully saturated rings. The summed E-state index contributed by atoms with van der Waals surface area (Å²) in [4.78, 5) is 18.5. The molecule has 1 heterocycles. The molecule has 0 bridgehead atoms. The molecule has 1 aromatic rings. The Morgan fingerprint density at radius 3 is 2.62 bits per heavy atom. The van der Waals surface area contributed by atoms with Crippen molar-refractivity contribution in [2.24, 2.45) is 16.8 Å². The highest BCUT2D eigenvalue weighted by Crippen LogP contribution is 2.32. The molecule has 2 atom stereocenters. The number of esters is 1. The van der Waals surface area contributed by atoms with Gasteiger partial charge in [0.2, 0.25) is 0 Å². The third-order valence-electron chi connectivity index (χ3n) is 5.90. The van der Waals surface area contributed by atoms with Crippen LogP contribution in [0.3, 0.4) is 0 Å². The Morgan fingerprint density at radius 1 is 1.21 bits per heavy atom. The van der Waals surface area contributed by atoms with Crippen LogP contribution in [0.1, 0.15) is 38.2 Å². The van der Waals surface area contributed by atoms with E-state index in [4.69, 9.17) is 14.2 Å². The SMILES string of the molecule is CN=C(NCc1ccc(OC)c(OC2CCCC2)c1)N1CC(C)C(C(=O)OC)C1. The Kier molecular flexibility index (Phi) is 7.23. The highest BCUT2D eigenvalue weighted by molar-refractivity contribution is 5.82. The minimum absolute atomic E-state index is 0.119. The van der Waals surface area contributed by atoms with E-state index in [-0.39, 0.29) is 23.9 Å². The number of hydrogen-bond donors (Lipinski definition) is 1. The van der Waals surface area contributed by atoms with E-state index >= 15 is 0 Å². The van der Waals surface area contributed by atoms with Gasteiger partial charge in [0.05, 0.1) is 26.2 Å². The summed E-state index contributed by atoms with van der Waals surface area (Å²) in [5.41, 5.74) is 1.09. The fourth-order valence-corrected chi connectivity index (χ4v) is 4.22. The molecule has 0 aromatic heterocycles. The number of ether oxygens (including phenoxy) is 3. The number of rotatable bonds is 6. The van der Waals surface area contributed by atoms with Gasteiger partial charge in [-0.2, -0.15) is 0 Å². The number of methoxy groups -OCH3 is 2. The molecule has 1 saturated heterocycles. The molecular weight excluding hydrogens is 370 g/mol. The molecule has 29 heavy (non-hydrogen) atoms. The zero-order valence-electron chi connectivity index (χ0n) is 17.9. The molecule has 1 N–H and O–H groups in total. The summed E-state index contributed by atoms with van der Waals surface area (Å²) in [6.07, 6.45) is 4.94. The van der Waals surface area contributed by atoms with Crippen LogP contribution in [0.2, 0.25) is 0 Å². The fraction of sp³-hybridized carbons (Fsp3) is 0.636. The number of nitrogens with zero attached hydrogens (tertiary/aromatic N) is 2. The molecule has 1 aliphatic carbocycles. The summed E-state index contributed by atoms with van der Waals surface area (Å²) in [5, 5.41) is 3.41. The van der Waals surface area contributed by atoms with E-state index in [0.29, 0.717) is 13.1 Å². The van der Waals surface area contributed by atoms with Crippen molar-refractivity contribution >= 4 is 11.9 Å². The minimum atomic E-state index is -0.153. The summed E-state index contributed by atoms with van der Waals surface area (Å²) >= 11 is 0. The first-order valence-corrected chi connectivity index (χ1v) is 10.4. The van der Waals surface area contributed by atoms with E-state index in [2.05, 4.69) is 22.1 Å². The zero-order valence-corrected chi connectivity index (χ0v) is 17.9. The minimum Gasteiger partial charge on any atom is -0.493 e. The van der Waals surface area contributed by atoms with Crippen LogP contribution in [-0.4, -0.2) is 57.3 Å². The summed E-state index contributed by atoms with van der Waals surface area (Å²) < 4.78 is 16.6. The van der Waals surface area contributed by atoms with Gasteiger partial charge in [0.25, 0.3) is 0 Å². The van der Waals surface area contributed by atoms with Gasteiger partial charge in [-0.3, -0.25) is 9.79 Å². The molecule has 1 aliphatic heterocycles. The number of benzene rings is 1. The maximum Gasteiger partial charge on any atom is 0.310 e. The van der Waals surface area contributed by atoms with Crippen molar-refractivity contribution in [3.05, 3.63) is 23.8 Å². The van der Waals surface area contributed by atoms with E-state index in [9.17, 15) is 4.79 Å². The standard InChI is InChI=1S/C22H33N3O4/c1-15-13-25(14-18(15)21(26)28-4)22(23-2)24-12-16-9-10-19(27-3)20(11-16)29-17-7-5-6-8-17/h9-11,15,17-18H,5-8,12-14H2,1-4H3,(H,23,24). The largest absolute Gasteiger partial charge is 0.493 e. The summed E-state index contributed by atoms with van der Waals surface area (Å²) in [5.74, 6) is 2.31. The molecule has 1 aromatic carbocycles. The van der Waals surface area contributed by atoms with Crippen LogP contribution in [-0.2, 0) is 16.1 Å². The summed E-state index contributed by atoms with van der Waals surface area (Å²) in [6, 6.07) is 6.03. The molecule has 2 aliphatic rings. The van der Waals surface area contributed by atoms with Crippen molar-refractivity contribution in [3.63, 3.8) is 0 Å². The quantitative estimate of drug-likeness (QED) is 0.447. The predicted octanol–water partition coefficient (Wildman–Crippen LogP) is 2.83. The zero-order chi connectivity index (χ0) is 20.8. The van der Waals surface area contributed by atoms with Crippen molar-refractivity contribution in [2.75, 3.05) is 34.4 Å². The Bertz CT molecular complexity index is 731. The fourth-order valence-electron chi connectivity index (χ4n) is 4.22. The van der Waals surface area contributed by atoms with Crippen LogP contribution in [0.5, 0.6) is 11.5 Å². The second kappa shape index (κ2) is 9.85. The van der Waals surface area contributed by atoms with Crippen LogP contribution < -0.4 is 14.8 Å². The highest BCUT2D eigenvalue weighted by atomic mass is 16.5. The molecule has 7 nitrogen and oxygen atoms in total. The molecule has 0 radical (unpaired) electrons. The molecule has 7 heteroatoms. The lowest BCUT2D eigenvalue weighted by molar-refractivity contribution is -0.145.